The fourth-order valence-corrected chi connectivity index (χ4v) is 1.17. The van der Waals surface area contributed by atoms with E-state index in [1.807, 2.05) is 5.32 Å². The first-order valence-corrected chi connectivity index (χ1v) is 5.18. The van der Waals surface area contributed by atoms with Crippen LogP contribution in [0.3, 0.4) is 0 Å². The van der Waals surface area contributed by atoms with Crippen molar-refractivity contribution in [2.45, 2.75) is 57.5 Å². The molecule has 1 N–H and O–H groups in total. The van der Waals surface area contributed by atoms with Gasteiger partial charge in [0.2, 0.25) is 0 Å². The Hall–Kier alpha value is -0.780. The monoisotopic (exact) mass is 239 g/mol. The number of halogens is 3. The van der Waals surface area contributed by atoms with E-state index in [0.29, 0.717) is 0 Å². The number of hydrogen-bond acceptors (Lipinski definition) is 2. The minimum absolute atomic E-state index is 0.125. The van der Waals surface area contributed by atoms with Crippen molar-refractivity contribution in [1.82, 2.24) is 5.32 Å². The van der Waals surface area contributed by atoms with E-state index in [2.05, 4.69) is 0 Å². The standard InChI is InChI=1S/C10H16F3NO2/c1-6(14-8(15)10(11,12)13)9(2,3)16-7-4-5-7/h6-7H,4-5H2,1-3H3,(H,14,15). The summed E-state index contributed by atoms with van der Waals surface area (Å²) in [6.07, 6.45) is -2.85. The number of nitrogens with one attached hydrogen (secondary N) is 1. The fourth-order valence-electron chi connectivity index (χ4n) is 1.17. The quantitative estimate of drug-likeness (QED) is 0.815. The first-order valence-electron chi connectivity index (χ1n) is 5.18. The summed E-state index contributed by atoms with van der Waals surface area (Å²) < 4.78 is 41.6. The normalized spacial score (nSPS) is 19.4. The third kappa shape index (κ3) is 3.66. The highest BCUT2D eigenvalue weighted by atomic mass is 19.4. The smallest absolute Gasteiger partial charge is 0.370 e. The lowest BCUT2D eigenvalue weighted by Crippen LogP contribution is -2.52. The third-order valence-corrected chi connectivity index (χ3v) is 2.64. The van der Waals surface area contributed by atoms with Gasteiger partial charge in [-0.2, -0.15) is 13.2 Å². The van der Waals surface area contributed by atoms with Gasteiger partial charge in [-0.25, -0.2) is 0 Å². The van der Waals surface area contributed by atoms with Gasteiger partial charge in [-0.05, 0) is 33.6 Å². The van der Waals surface area contributed by atoms with Gasteiger partial charge in [0.15, 0.2) is 0 Å². The molecule has 0 heterocycles. The van der Waals surface area contributed by atoms with Crippen LogP contribution in [0.25, 0.3) is 0 Å². The van der Waals surface area contributed by atoms with Crippen molar-refractivity contribution in [2.75, 3.05) is 0 Å². The fraction of sp³-hybridized carbons (Fsp3) is 0.900. The molecule has 1 unspecified atom stereocenters. The zero-order chi connectivity index (χ0) is 12.6. The number of carbonyl (C=O) groups excluding carboxylic acids is 1. The van der Waals surface area contributed by atoms with Crippen LogP contribution < -0.4 is 5.32 Å². The number of hydrogen-bond donors (Lipinski definition) is 1. The Bertz CT molecular complexity index is 272. The highest BCUT2D eigenvalue weighted by Crippen LogP contribution is 2.30. The summed E-state index contributed by atoms with van der Waals surface area (Å²) in [4.78, 5) is 10.7. The molecule has 3 nitrogen and oxygen atoms in total. The maximum atomic E-state index is 12.0. The molecule has 94 valence electrons. The zero-order valence-electron chi connectivity index (χ0n) is 9.52. The molecular weight excluding hydrogens is 223 g/mol. The lowest BCUT2D eigenvalue weighted by atomic mass is 10.0. The Morgan fingerprint density at radius 1 is 1.38 bits per heavy atom. The second-order valence-electron chi connectivity index (χ2n) is 4.61. The first-order chi connectivity index (χ1) is 7.13. The van der Waals surface area contributed by atoms with Gasteiger partial charge in [0, 0.05) is 0 Å². The van der Waals surface area contributed by atoms with Crippen LogP contribution in [0.4, 0.5) is 13.2 Å². The van der Waals surface area contributed by atoms with Gasteiger partial charge in [0.05, 0.1) is 17.7 Å². The lowest BCUT2D eigenvalue weighted by molar-refractivity contribution is -0.176. The summed E-state index contributed by atoms with van der Waals surface area (Å²) in [6, 6.07) is -0.692. The Balaban J connectivity index is 2.49. The first kappa shape index (κ1) is 13.3. The molecule has 0 aliphatic heterocycles. The van der Waals surface area contributed by atoms with Crippen molar-refractivity contribution in [2.24, 2.45) is 0 Å². The van der Waals surface area contributed by atoms with E-state index in [1.165, 1.54) is 6.92 Å². The number of amides is 1. The highest BCUT2D eigenvalue weighted by molar-refractivity contribution is 5.82. The van der Waals surface area contributed by atoms with Crippen molar-refractivity contribution in [3.63, 3.8) is 0 Å². The molecule has 0 aromatic rings. The molecule has 1 atom stereocenters. The van der Waals surface area contributed by atoms with Gasteiger partial charge < -0.3 is 10.1 Å². The Morgan fingerprint density at radius 3 is 2.25 bits per heavy atom. The van der Waals surface area contributed by atoms with Crippen LogP contribution in [0.15, 0.2) is 0 Å². The molecule has 1 fully saturated rings. The van der Waals surface area contributed by atoms with E-state index in [0.717, 1.165) is 12.8 Å². The van der Waals surface area contributed by atoms with E-state index in [4.69, 9.17) is 4.74 Å². The molecule has 1 amide bonds. The van der Waals surface area contributed by atoms with E-state index in [-0.39, 0.29) is 6.10 Å². The van der Waals surface area contributed by atoms with Crippen LogP contribution in [-0.2, 0) is 9.53 Å². The number of ether oxygens (including phenoxy) is 1. The van der Waals surface area contributed by atoms with Crippen LogP contribution in [0.1, 0.15) is 33.6 Å². The third-order valence-electron chi connectivity index (χ3n) is 2.64. The van der Waals surface area contributed by atoms with Crippen LogP contribution in [0.2, 0.25) is 0 Å². The van der Waals surface area contributed by atoms with Gasteiger partial charge in [-0.15, -0.1) is 0 Å². The summed E-state index contributed by atoms with van der Waals surface area (Å²) >= 11 is 0. The summed E-state index contributed by atoms with van der Waals surface area (Å²) in [6.45, 7) is 4.85. The second kappa shape index (κ2) is 4.24. The van der Waals surface area contributed by atoms with Gasteiger partial charge in [0.25, 0.3) is 0 Å². The van der Waals surface area contributed by atoms with Crippen LogP contribution >= 0.6 is 0 Å². The maximum Gasteiger partial charge on any atom is 0.471 e. The Labute approximate surface area is 92.3 Å². The van der Waals surface area contributed by atoms with Gasteiger partial charge >= 0.3 is 12.1 Å². The van der Waals surface area contributed by atoms with E-state index >= 15 is 0 Å². The molecule has 1 rings (SSSR count). The molecule has 0 spiro atoms. The predicted molar refractivity (Wildman–Crippen MR) is 51.8 cm³/mol. The van der Waals surface area contributed by atoms with E-state index in [1.54, 1.807) is 13.8 Å². The topological polar surface area (TPSA) is 38.3 Å². The van der Waals surface area contributed by atoms with Crippen molar-refractivity contribution in [3.8, 4) is 0 Å². The van der Waals surface area contributed by atoms with Crippen molar-refractivity contribution < 1.29 is 22.7 Å². The molecule has 6 heteroatoms. The van der Waals surface area contributed by atoms with Crippen molar-refractivity contribution in [3.05, 3.63) is 0 Å². The van der Waals surface area contributed by atoms with Crippen LogP contribution in [-0.4, -0.2) is 29.8 Å². The summed E-state index contributed by atoms with van der Waals surface area (Å²) in [5.41, 5.74) is -0.790. The summed E-state index contributed by atoms with van der Waals surface area (Å²) in [7, 11) is 0. The molecule has 1 aliphatic rings. The van der Waals surface area contributed by atoms with Crippen LogP contribution in [0.5, 0.6) is 0 Å². The zero-order valence-corrected chi connectivity index (χ0v) is 9.52. The Kier molecular flexibility index (Phi) is 3.52. The molecule has 0 bridgehead atoms. The number of rotatable bonds is 4. The minimum Gasteiger partial charge on any atom is -0.370 e. The molecule has 0 aromatic carbocycles. The SMILES string of the molecule is CC(NC(=O)C(F)(F)F)C(C)(C)OC1CC1. The Morgan fingerprint density at radius 2 is 1.88 bits per heavy atom. The average Bonchev–Trinajstić information content (AvgIpc) is 2.85. The molecule has 16 heavy (non-hydrogen) atoms. The lowest BCUT2D eigenvalue weighted by Gasteiger charge is -2.32. The molecule has 0 aromatic heterocycles. The maximum absolute atomic E-state index is 12.0. The van der Waals surface area contributed by atoms with Gasteiger partial charge in [-0.3, -0.25) is 4.79 Å². The largest absolute Gasteiger partial charge is 0.471 e. The molecule has 1 saturated carbocycles. The average molecular weight is 239 g/mol. The number of alkyl halides is 3. The van der Waals surface area contributed by atoms with E-state index in [9.17, 15) is 18.0 Å². The predicted octanol–water partition coefficient (Wildman–Crippen LogP) is 2.01. The second-order valence-corrected chi connectivity index (χ2v) is 4.61. The molecule has 0 saturated heterocycles. The highest BCUT2D eigenvalue weighted by Gasteiger charge is 2.42. The molecular formula is C10H16F3NO2. The molecule has 1 aliphatic carbocycles. The van der Waals surface area contributed by atoms with Crippen molar-refractivity contribution >= 4 is 5.91 Å². The summed E-state index contributed by atoms with van der Waals surface area (Å²) in [5, 5.41) is 1.90. The minimum atomic E-state index is -4.84. The van der Waals surface area contributed by atoms with E-state index < -0.39 is 23.7 Å². The molecule has 0 radical (unpaired) electrons. The van der Waals surface area contributed by atoms with Gasteiger partial charge in [-0.1, -0.05) is 0 Å². The number of carbonyl (C=O) groups is 1. The van der Waals surface area contributed by atoms with Crippen LogP contribution in [0, 0.1) is 0 Å². The van der Waals surface area contributed by atoms with Crippen molar-refractivity contribution in [1.29, 1.82) is 0 Å². The summed E-state index contributed by atoms with van der Waals surface area (Å²) in [5.74, 6) is -1.92. The van der Waals surface area contributed by atoms with Gasteiger partial charge in [0.1, 0.15) is 0 Å².